The molecule has 0 saturated carbocycles. The molecule has 0 spiro atoms. The minimum absolute atomic E-state index is 0.0333. The average molecular weight is 448 g/mol. The Hall–Kier alpha value is -1.73. The van der Waals surface area contributed by atoms with Gasteiger partial charge in [-0.3, -0.25) is 9.98 Å². The summed E-state index contributed by atoms with van der Waals surface area (Å²) in [4.78, 5) is 12.0. The lowest BCUT2D eigenvalue weighted by Crippen LogP contribution is -2.35. The summed E-state index contributed by atoms with van der Waals surface area (Å²) >= 11 is 5.31. The summed E-state index contributed by atoms with van der Waals surface area (Å²) in [6.07, 6.45) is 2.88. The quantitative estimate of drug-likeness (QED) is 0.703. The maximum absolute atomic E-state index is 10.3. The molecule has 0 aliphatic carbocycles. The number of aromatic hydroxyl groups is 1. The van der Waals surface area contributed by atoms with Crippen molar-refractivity contribution in [3.05, 3.63) is 52.3 Å². The van der Waals surface area contributed by atoms with E-state index in [9.17, 15) is 5.11 Å². The molecule has 0 unspecified atom stereocenters. The monoisotopic (exact) mass is 447 g/mol. The molecule has 0 amide bonds. The number of ether oxygens (including phenoxy) is 1. The van der Waals surface area contributed by atoms with Crippen LogP contribution in [0.2, 0.25) is 0 Å². The van der Waals surface area contributed by atoms with Crippen molar-refractivity contribution in [2.24, 2.45) is 4.99 Å². The normalized spacial score (nSPS) is 24.0. The van der Waals surface area contributed by atoms with Gasteiger partial charge < -0.3 is 14.7 Å². The van der Waals surface area contributed by atoms with Crippen molar-refractivity contribution in [2.45, 2.75) is 38.4 Å². The summed E-state index contributed by atoms with van der Waals surface area (Å²) in [5.41, 5.74) is 2.03. The van der Waals surface area contributed by atoms with E-state index in [2.05, 4.69) is 32.7 Å². The van der Waals surface area contributed by atoms with Gasteiger partial charge in [0, 0.05) is 18.0 Å². The fourth-order valence-corrected chi connectivity index (χ4v) is 5.54. The van der Waals surface area contributed by atoms with Crippen LogP contribution in [0.4, 0.5) is 0 Å². The van der Waals surface area contributed by atoms with Crippen molar-refractivity contribution in [3.63, 3.8) is 0 Å². The molecule has 5 nitrogen and oxygen atoms in total. The Morgan fingerprint density at radius 3 is 2.89 bits per heavy atom. The maximum atomic E-state index is 10.3. The fourth-order valence-electron chi connectivity index (χ4n) is 3.74. The van der Waals surface area contributed by atoms with Crippen LogP contribution in [0, 0.1) is 0 Å². The van der Waals surface area contributed by atoms with Gasteiger partial charge in [0.05, 0.1) is 22.8 Å². The van der Waals surface area contributed by atoms with E-state index in [1.165, 1.54) is 0 Å². The number of aromatic nitrogens is 1. The van der Waals surface area contributed by atoms with E-state index >= 15 is 0 Å². The molecule has 4 rings (SSSR count). The molecule has 0 radical (unpaired) electrons. The first kappa shape index (κ1) is 18.6. The number of halogens is 1. The van der Waals surface area contributed by atoms with Crippen LogP contribution in [0.3, 0.4) is 0 Å². The summed E-state index contributed by atoms with van der Waals surface area (Å²) in [6, 6.07) is 10.3. The SMILES string of the molecule is CCOc1cc([C@@H]2[C@@H](c3ccccn3)N=C3SC[C@H](CC)N32)cc(Br)c1O. The molecule has 1 N–H and O–H groups in total. The third-order valence-corrected chi connectivity index (χ3v) is 6.75. The Morgan fingerprint density at radius 1 is 1.33 bits per heavy atom. The van der Waals surface area contributed by atoms with E-state index in [1.807, 2.05) is 55.2 Å². The van der Waals surface area contributed by atoms with Crippen molar-refractivity contribution in [3.8, 4) is 11.5 Å². The molecular weight excluding hydrogens is 426 g/mol. The third-order valence-electron chi connectivity index (χ3n) is 5.02. The molecule has 1 fully saturated rings. The zero-order valence-corrected chi connectivity index (χ0v) is 17.7. The van der Waals surface area contributed by atoms with Crippen molar-refractivity contribution >= 4 is 32.9 Å². The molecule has 142 valence electrons. The summed E-state index contributed by atoms with van der Waals surface area (Å²) in [6.45, 7) is 4.63. The number of benzene rings is 1. The van der Waals surface area contributed by atoms with E-state index < -0.39 is 0 Å². The van der Waals surface area contributed by atoms with E-state index in [0.717, 1.165) is 28.6 Å². The van der Waals surface area contributed by atoms with Gasteiger partial charge in [0.15, 0.2) is 16.7 Å². The lowest BCUT2D eigenvalue weighted by molar-refractivity contribution is 0.253. The number of nitrogens with zero attached hydrogens (tertiary/aromatic N) is 3. The smallest absolute Gasteiger partial charge is 0.172 e. The number of phenolic OH excluding ortho intramolecular Hbond substituents is 1. The number of hydrogen-bond acceptors (Lipinski definition) is 6. The van der Waals surface area contributed by atoms with E-state index in [0.29, 0.717) is 22.9 Å². The minimum atomic E-state index is -0.0750. The second-order valence-corrected chi connectivity index (χ2v) is 8.46. The maximum Gasteiger partial charge on any atom is 0.172 e. The largest absolute Gasteiger partial charge is 0.503 e. The first-order valence-corrected chi connectivity index (χ1v) is 11.0. The number of fused-ring (bicyclic) bond motifs is 1. The standard InChI is InChI=1S/C20H22BrN3O2S/c1-3-13-11-27-20-23-17(15-7-5-6-8-22-15)18(24(13)20)12-9-14(21)19(25)16(10-12)26-4-2/h5-10,13,17-18,25H,3-4,11H2,1-2H3/t13-,17+,18+/m0/s1. The highest BCUT2D eigenvalue weighted by Crippen LogP contribution is 2.50. The van der Waals surface area contributed by atoms with Crippen LogP contribution < -0.4 is 4.74 Å². The van der Waals surface area contributed by atoms with Gasteiger partial charge in [0.25, 0.3) is 0 Å². The predicted molar refractivity (Wildman–Crippen MR) is 113 cm³/mol. The van der Waals surface area contributed by atoms with Crippen LogP contribution in [-0.2, 0) is 0 Å². The topological polar surface area (TPSA) is 58.0 Å². The Bertz CT molecular complexity index is 862. The first-order valence-electron chi connectivity index (χ1n) is 9.19. The molecule has 3 heterocycles. The summed E-state index contributed by atoms with van der Waals surface area (Å²) in [7, 11) is 0. The molecule has 7 heteroatoms. The van der Waals surface area contributed by atoms with Crippen LogP contribution in [0.5, 0.6) is 11.5 Å². The molecule has 27 heavy (non-hydrogen) atoms. The van der Waals surface area contributed by atoms with Crippen molar-refractivity contribution in [1.29, 1.82) is 0 Å². The zero-order chi connectivity index (χ0) is 19.0. The zero-order valence-electron chi connectivity index (χ0n) is 15.3. The van der Waals surface area contributed by atoms with Gasteiger partial charge in [-0.15, -0.1) is 0 Å². The number of pyridine rings is 1. The molecule has 1 saturated heterocycles. The molecular formula is C20H22BrN3O2S. The number of rotatable bonds is 5. The highest BCUT2D eigenvalue weighted by molar-refractivity contribution is 9.10. The highest BCUT2D eigenvalue weighted by Gasteiger charge is 2.45. The lowest BCUT2D eigenvalue weighted by Gasteiger charge is -2.32. The van der Waals surface area contributed by atoms with Crippen molar-refractivity contribution < 1.29 is 9.84 Å². The van der Waals surface area contributed by atoms with Gasteiger partial charge in [0.2, 0.25) is 0 Å². The third kappa shape index (κ3) is 3.31. The fraction of sp³-hybridized carbons (Fsp3) is 0.400. The van der Waals surface area contributed by atoms with Gasteiger partial charge in [0.1, 0.15) is 6.04 Å². The van der Waals surface area contributed by atoms with Gasteiger partial charge in [-0.25, -0.2) is 0 Å². The Labute approximate surface area is 172 Å². The molecule has 3 atom stereocenters. The molecule has 0 bridgehead atoms. The van der Waals surface area contributed by atoms with E-state index in [-0.39, 0.29) is 17.8 Å². The van der Waals surface area contributed by atoms with Crippen LogP contribution in [-0.4, -0.2) is 38.6 Å². The second kappa shape index (κ2) is 7.72. The van der Waals surface area contributed by atoms with Gasteiger partial charge in [-0.2, -0.15) is 0 Å². The Morgan fingerprint density at radius 2 is 2.19 bits per heavy atom. The summed E-state index contributed by atoms with van der Waals surface area (Å²) in [5, 5.41) is 11.4. The van der Waals surface area contributed by atoms with Crippen LogP contribution in [0.25, 0.3) is 0 Å². The van der Waals surface area contributed by atoms with Crippen molar-refractivity contribution in [1.82, 2.24) is 9.88 Å². The van der Waals surface area contributed by atoms with Crippen LogP contribution >= 0.6 is 27.7 Å². The average Bonchev–Trinajstić information content (AvgIpc) is 3.25. The molecule has 1 aromatic carbocycles. The number of hydrogen-bond donors (Lipinski definition) is 1. The molecule has 1 aromatic heterocycles. The number of aliphatic imine (C=N–C) groups is 1. The number of amidine groups is 1. The highest BCUT2D eigenvalue weighted by atomic mass is 79.9. The summed E-state index contributed by atoms with van der Waals surface area (Å²) in [5.74, 6) is 1.69. The van der Waals surface area contributed by atoms with Crippen LogP contribution in [0.1, 0.15) is 43.6 Å². The minimum Gasteiger partial charge on any atom is -0.503 e. The Balaban J connectivity index is 1.82. The Kier molecular flexibility index (Phi) is 5.32. The van der Waals surface area contributed by atoms with E-state index in [4.69, 9.17) is 9.73 Å². The summed E-state index contributed by atoms with van der Waals surface area (Å²) < 4.78 is 6.30. The molecule has 2 aliphatic rings. The van der Waals surface area contributed by atoms with Crippen LogP contribution in [0.15, 0.2) is 46.0 Å². The number of phenols is 1. The predicted octanol–water partition coefficient (Wildman–Crippen LogP) is 4.93. The van der Waals surface area contributed by atoms with Gasteiger partial charge in [-0.05, 0) is 59.1 Å². The van der Waals surface area contributed by atoms with Crippen molar-refractivity contribution in [2.75, 3.05) is 12.4 Å². The van der Waals surface area contributed by atoms with Gasteiger partial charge in [-0.1, -0.05) is 24.8 Å². The first-order chi connectivity index (χ1) is 13.1. The van der Waals surface area contributed by atoms with E-state index in [1.54, 1.807) is 0 Å². The lowest BCUT2D eigenvalue weighted by atomic mass is 9.95. The number of thioether (sulfide) groups is 1. The second-order valence-electron chi connectivity index (χ2n) is 6.62. The molecule has 2 aromatic rings. The molecule has 2 aliphatic heterocycles. The van der Waals surface area contributed by atoms with Gasteiger partial charge >= 0.3 is 0 Å².